The van der Waals surface area contributed by atoms with E-state index in [1.165, 1.54) is 4.31 Å². The van der Waals surface area contributed by atoms with E-state index in [-0.39, 0.29) is 12.5 Å². The second kappa shape index (κ2) is 7.75. The Labute approximate surface area is 154 Å². The van der Waals surface area contributed by atoms with Gasteiger partial charge >= 0.3 is 10.2 Å². The lowest BCUT2D eigenvalue weighted by Crippen LogP contribution is -2.49. The molecule has 26 heavy (non-hydrogen) atoms. The molecule has 0 radical (unpaired) electrons. The Hall–Kier alpha value is -1.93. The molecule has 1 saturated carbocycles. The van der Waals surface area contributed by atoms with E-state index in [0.717, 1.165) is 48.6 Å². The summed E-state index contributed by atoms with van der Waals surface area (Å²) in [7, 11) is -1.96. The maximum Gasteiger partial charge on any atom is 0.304 e. The Morgan fingerprint density at radius 3 is 2.73 bits per heavy atom. The molecule has 7 nitrogen and oxygen atoms in total. The lowest BCUT2D eigenvalue weighted by atomic mass is 9.95. The van der Waals surface area contributed by atoms with Crippen molar-refractivity contribution in [1.29, 1.82) is 0 Å². The number of hydrogen-bond donors (Lipinski definition) is 1. The summed E-state index contributed by atoms with van der Waals surface area (Å²) in [6.45, 7) is 2.18. The first-order valence-corrected chi connectivity index (χ1v) is 10.6. The Morgan fingerprint density at radius 1 is 1.31 bits per heavy atom. The van der Waals surface area contributed by atoms with Crippen LogP contribution in [-0.4, -0.2) is 41.0 Å². The number of rotatable bonds is 6. The molecule has 3 rings (SSSR count). The molecule has 1 aliphatic carbocycles. The predicted molar refractivity (Wildman–Crippen MR) is 101 cm³/mol. The summed E-state index contributed by atoms with van der Waals surface area (Å²) < 4.78 is 30.8. The number of benzene rings is 1. The largest absolute Gasteiger partial charge is 0.304 e. The molecule has 8 heteroatoms. The Kier molecular flexibility index (Phi) is 5.62. The first-order chi connectivity index (χ1) is 12.4. The maximum atomic E-state index is 12.7. The highest BCUT2D eigenvalue weighted by Crippen LogP contribution is 2.24. The molecule has 0 unspecified atom stereocenters. The minimum absolute atomic E-state index is 0.00852. The summed E-state index contributed by atoms with van der Waals surface area (Å²) in [5.41, 5.74) is 1.73. The molecule has 0 aliphatic heterocycles. The van der Waals surface area contributed by atoms with Crippen molar-refractivity contribution in [2.45, 2.75) is 51.5 Å². The summed E-state index contributed by atoms with van der Waals surface area (Å²) in [5, 5.41) is 5.10. The van der Waals surface area contributed by atoms with Gasteiger partial charge in [-0.05, 0) is 30.5 Å². The molecule has 1 aromatic carbocycles. The van der Waals surface area contributed by atoms with E-state index in [2.05, 4.69) is 9.82 Å². The lowest BCUT2D eigenvalue weighted by Gasteiger charge is -2.32. The standard InChI is InChI=1S/C18H26N4O3S/c1-3-22(16-7-5-4-6-8-16)26(24,25)20-18(23)12-14-9-10-17-15(11-14)13-19-21(17)2/h9-11,13,16H,3-8,12H2,1-2H3,(H,20,23). The minimum Gasteiger partial charge on any atom is -0.274 e. The Bertz CT molecular complexity index is 885. The van der Waals surface area contributed by atoms with Crippen LogP contribution in [0.25, 0.3) is 10.9 Å². The van der Waals surface area contributed by atoms with Crippen LogP contribution in [0.1, 0.15) is 44.6 Å². The highest BCUT2D eigenvalue weighted by atomic mass is 32.2. The van der Waals surface area contributed by atoms with Crippen LogP contribution in [0.4, 0.5) is 0 Å². The molecular formula is C18H26N4O3S. The van der Waals surface area contributed by atoms with E-state index in [9.17, 15) is 13.2 Å². The molecule has 2 aromatic rings. The summed E-state index contributed by atoms with van der Waals surface area (Å²) in [5.74, 6) is -0.512. The van der Waals surface area contributed by atoms with Gasteiger partial charge in [-0.3, -0.25) is 9.48 Å². The highest BCUT2D eigenvalue weighted by Gasteiger charge is 2.30. The molecule has 1 aromatic heterocycles. The topological polar surface area (TPSA) is 84.3 Å². The van der Waals surface area contributed by atoms with Crippen molar-refractivity contribution in [1.82, 2.24) is 18.8 Å². The number of aryl methyl sites for hydroxylation is 1. The predicted octanol–water partition coefficient (Wildman–Crippen LogP) is 2.13. The number of amides is 1. The number of nitrogens with one attached hydrogen (secondary N) is 1. The average Bonchev–Trinajstić information content (AvgIpc) is 2.96. The second-order valence-corrected chi connectivity index (χ2v) is 8.49. The molecule has 1 N–H and O–H groups in total. The highest BCUT2D eigenvalue weighted by molar-refractivity contribution is 7.87. The molecule has 1 amide bonds. The molecule has 1 heterocycles. The fraction of sp³-hybridized carbons (Fsp3) is 0.556. The Morgan fingerprint density at radius 2 is 2.04 bits per heavy atom. The van der Waals surface area contributed by atoms with Gasteiger partial charge in [0.05, 0.1) is 18.1 Å². The zero-order valence-corrected chi connectivity index (χ0v) is 16.1. The van der Waals surface area contributed by atoms with Crippen molar-refractivity contribution in [2.75, 3.05) is 6.54 Å². The van der Waals surface area contributed by atoms with Crippen LogP contribution in [0.2, 0.25) is 0 Å². The fourth-order valence-corrected chi connectivity index (χ4v) is 5.16. The van der Waals surface area contributed by atoms with E-state index >= 15 is 0 Å². The molecule has 0 spiro atoms. The van der Waals surface area contributed by atoms with Crippen LogP contribution in [0.5, 0.6) is 0 Å². The normalized spacial score (nSPS) is 16.3. The second-order valence-electron chi connectivity index (χ2n) is 6.86. The lowest BCUT2D eigenvalue weighted by molar-refractivity contribution is -0.118. The van der Waals surface area contributed by atoms with Gasteiger partial charge < -0.3 is 0 Å². The number of hydrogen-bond acceptors (Lipinski definition) is 4. The van der Waals surface area contributed by atoms with Crippen molar-refractivity contribution in [3.63, 3.8) is 0 Å². The average molecular weight is 378 g/mol. The monoisotopic (exact) mass is 378 g/mol. The third-order valence-electron chi connectivity index (χ3n) is 5.02. The third kappa shape index (κ3) is 4.07. The molecule has 0 atom stereocenters. The minimum atomic E-state index is -3.81. The van der Waals surface area contributed by atoms with Gasteiger partial charge in [0.25, 0.3) is 0 Å². The molecule has 0 bridgehead atoms. The zero-order chi connectivity index (χ0) is 18.7. The quantitative estimate of drug-likeness (QED) is 0.835. The molecule has 1 aliphatic rings. The number of carbonyl (C=O) groups is 1. The number of aromatic nitrogens is 2. The zero-order valence-electron chi connectivity index (χ0n) is 15.3. The van der Waals surface area contributed by atoms with Crippen molar-refractivity contribution < 1.29 is 13.2 Å². The van der Waals surface area contributed by atoms with Crippen LogP contribution < -0.4 is 4.72 Å². The van der Waals surface area contributed by atoms with Crippen molar-refractivity contribution in [2.24, 2.45) is 7.05 Å². The Balaban J connectivity index is 1.68. The molecular weight excluding hydrogens is 352 g/mol. The van der Waals surface area contributed by atoms with Crippen LogP contribution >= 0.6 is 0 Å². The van der Waals surface area contributed by atoms with Crippen molar-refractivity contribution in [3.8, 4) is 0 Å². The van der Waals surface area contributed by atoms with Gasteiger partial charge in [0, 0.05) is 25.0 Å². The number of carbonyl (C=O) groups excluding carboxylic acids is 1. The van der Waals surface area contributed by atoms with Crippen LogP contribution in [-0.2, 0) is 28.5 Å². The van der Waals surface area contributed by atoms with E-state index in [1.54, 1.807) is 10.9 Å². The number of nitrogens with zero attached hydrogens (tertiary/aromatic N) is 3. The van der Waals surface area contributed by atoms with E-state index in [0.29, 0.717) is 6.54 Å². The maximum absolute atomic E-state index is 12.7. The van der Waals surface area contributed by atoms with Crippen molar-refractivity contribution >= 4 is 27.0 Å². The van der Waals surface area contributed by atoms with Gasteiger partial charge in [0.15, 0.2) is 0 Å². The van der Waals surface area contributed by atoms with E-state index in [4.69, 9.17) is 0 Å². The summed E-state index contributed by atoms with van der Waals surface area (Å²) in [6, 6.07) is 5.58. The van der Waals surface area contributed by atoms with E-state index < -0.39 is 16.1 Å². The number of fused-ring (bicyclic) bond motifs is 1. The first-order valence-electron chi connectivity index (χ1n) is 9.14. The van der Waals surface area contributed by atoms with Gasteiger partial charge in [0.1, 0.15) is 0 Å². The van der Waals surface area contributed by atoms with Gasteiger partial charge in [0.2, 0.25) is 5.91 Å². The van der Waals surface area contributed by atoms with Crippen molar-refractivity contribution in [3.05, 3.63) is 30.0 Å². The van der Waals surface area contributed by atoms with Gasteiger partial charge in [-0.25, -0.2) is 4.72 Å². The van der Waals surface area contributed by atoms with Crippen LogP contribution in [0, 0.1) is 0 Å². The van der Waals surface area contributed by atoms with Gasteiger partial charge in [-0.1, -0.05) is 32.3 Å². The summed E-state index contributed by atoms with van der Waals surface area (Å²) >= 11 is 0. The fourth-order valence-electron chi connectivity index (χ4n) is 3.74. The third-order valence-corrected chi connectivity index (χ3v) is 6.68. The molecule has 1 fully saturated rings. The van der Waals surface area contributed by atoms with Gasteiger partial charge in [-0.15, -0.1) is 0 Å². The van der Waals surface area contributed by atoms with E-state index in [1.807, 2.05) is 32.2 Å². The van der Waals surface area contributed by atoms with Gasteiger partial charge in [-0.2, -0.15) is 17.8 Å². The summed E-state index contributed by atoms with van der Waals surface area (Å²) in [6.07, 6.45) is 6.70. The SMILES string of the molecule is CCN(C1CCCCC1)S(=O)(=O)NC(=O)Cc1ccc2c(cnn2C)c1. The molecule has 0 saturated heterocycles. The first kappa shape index (κ1) is 18.8. The molecule has 142 valence electrons. The smallest absolute Gasteiger partial charge is 0.274 e. The summed E-state index contributed by atoms with van der Waals surface area (Å²) in [4.78, 5) is 12.3. The van der Waals surface area contributed by atoms with Crippen LogP contribution in [0.15, 0.2) is 24.4 Å². The van der Waals surface area contributed by atoms with Crippen LogP contribution in [0.3, 0.4) is 0 Å².